The van der Waals surface area contributed by atoms with E-state index in [-0.39, 0.29) is 0 Å². The van der Waals surface area contributed by atoms with Gasteiger partial charge in [0, 0.05) is 0 Å². The number of allylic oxidation sites excluding steroid dienone is 8. The summed E-state index contributed by atoms with van der Waals surface area (Å²) in [5.74, 6) is 5.79. The van der Waals surface area contributed by atoms with Crippen molar-refractivity contribution < 1.29 is 0 Å². The van der Waals surface area contributed by atoms with Crippen molar-refractivity contribution in [3.8, 4) is 0 Å². The maximum absolute atomic E-state index is 3.68. The minimum atomic E-state index is 0.778. The van der Waals surface area contributed by atoms with Crippen LogP contribution in [0.1, 0.15) is 134 Å². The van der Waals surface area contributed by atoms with E-state index in [1.165, 1.54) is 32.1 Å². The molecule has 3 unspecified atom stereocenters. The molecule has 0 fully saturated rings. The van der Waals surface area contributed by atoms with Gasteiger partial charge in [0.1, 0.15) is 0 Å². The minimum absolute atomic E-state index is 0.778. The first kappa shape index (κ1) is 44.5. The van der Waals surface area contributed by atoms with Crippen LogP contribution in [-0.4, -0.2) is 0 Å². The molecule has 0 aromatic rings. The van der Waals surface area contributed by atoms with E-state index in [1.807, 2.05) is 24.3 Å². The fourth-order valence-electron chi connectivity index (χ4n) is 3.29. The Hall–Kier alpha value is -1.56. The summed E-state index contributed by atoms with van der Waals surface area (Å²) in [6.45, 7) is 39.2. The smallest absolute Gasteiger partial charge is 0.0322 e. The predicted molar refractivity (Wildman–Crippen MR) is 187 cm³/mol. The molecule has 0 saturated carbocycles. The van der Waals surface area contributed by atoms with Crippen molar-refractivity contribution in [2.45, 2.75) is 134 Å². The van der Waals surface area contributed by atoms with E-state index < -0.39 is 0 Å². The Bertz CT molecular complexity index is 531. The van der Waals surface area contributed by atoms with Crippen LogP contribution in [0.5, 0.6) is 0 Å². The summed E-state index contributed by atoms with van der Waals surface area (Å²) in [6, 6.07) is 0. The van der Waals surface area contributed by atoms with Gasteiger partial charge in [-0.05, 0) is 99.2 Å². The molecular formula is C39H74. The van der Waals surface area contributed by atoms with Crippen molar-refractivity contribution in [3.63, 3.8) is 0 Å². The molecule has 0 N–H and O–H groups in total. The van der Waals surface area contributed by atoms with Crippen LogP contribution in [0.2, 0.25) is 0 Å². The van der Waals surface area contributed by atoms with Gasteiger partial charge in [-0.25, -0.2) is 0 Å². The van der Waals surface area contributed by atoms with Gasteiger partial charge in [0.15, 0.2) is 0 Å². The third-order valence-electron chi connectivity index (χ3n) is 6.24. The van der Waals surface area contributed by atoms with Crippen LogP contribution < -0.4 is 0 Å². The average Bonchev–Trinajstić information content (AvgIpc) is 2.84. The van der Waals surface area contributed by atoms with Crippen LogP contribution in [-0.2, 0) is 0 Å². The van der Waals surface area contributed by atoms with Crippen molar-refractivity contribution in [2.75, 3.05) is 0 Å². The Kier molecular flexibility index (Phi) is 39.3. The monoisotopic (exact) mass is 543 g/mol. The summed E-state index contributed by atoms with van der Waals surface area (Å²) in [5.41, 5.74) is 0. The lowest BCUT2D eigenvalue weighted by molar-refractivity contribution is 0.380. The molecule has 0 amide bonds. The summed E-state index contributed by atoms with van der Waals surface area (Å²) < 4.78 is 0. The Morgan fingerprint density at radius 2 is 0.872 bits per heavy atom. The molecule has 0 bridgehead atoms. The highest BCUT2D eigenvalue weighted by Crippen LogP contribution is 2.23. The van der Waals surface area contributed by atoms with Gasteiger partial charge in [0.2, 0.25) is 0 Å². The van der Waals surface area contributed by atoms with Crippen LogP contribution in [0.4, 0.5) is 0 Å². The highest BCUT2D eigenvalue weighted by molar-refractivity contribution is 4.91. The number of hydrogen-bond acceptors (Lipinski definition) is 0. The molecule has 0 aromatic heterocycles. The highest BCUT2D eigenvalue weighted by Gasteiger charge is 2.11. The Labute approximate surface area is 249 Å². The van der Waals surface area contributed by atoms with E-state index in [2.05, 4.69) is 127 Å². The molecule has 0 aliphatic heterocycles. The predicted octanol–water partition coefficient (Wildman–Crippen LogP) is 13.8. The maximum Gasteiger partial charge on any atom is -0.0322 e. The zero-order chi connectivity index (χ0) is 31.1. The summed E-state index contributed by atoms with van der Waals surface area (Å²) in [6.07, 6.45) is 27.9. The molecule has 1 aliphatic rings. The Morgan fingerprint density at radius 3 is 1.08 bits per heavy atom. The van der Waals surface area contributed by atoms with Gasteiger partial charge >= 0.3 is 0 Å². The molecule has 230 valence electrons. The number of rotatable bonds is 13. The molecule has 1 aliphatic carbocycles. The van der Waals surface area contributed by atoms with Crippen LogP contribution in [0.3, 0.4) is 0 Å². The Balaban J connectivity index is -0.000000199. The van der Waals surface area contributed by atoms with Crippen molar-refractivity contribution in [2.24, 2.45) is 41.4 Å². The molecule has 0 heterocycles. The highest BCUT2D eigenvalue weighted by atomic mass is 14.2. The van der Waals surface area contributed by atoms with Crippen LogP contribution in [0.15, 0.2) is 74.9 Å². The van der Waals surface area contributed by atoms with E-state index >= 15 is 0 Å². The second kappa shape index (κ2) is 34.5. The molecule has 0 spiro atoms. The first-order valence-electron chi connectivity index (χ1n) is 16.0. The van der Waals surface area contributed by atoms with Crippen LogP contribution in [0.25, 0.3) is 0 Å². The third kappa shape index (κ3) is 49.9. The molecule has 1 rings (SSSR count). The van der Waals surface area contributed by atoms with E-state index in [9.17, 15) is 0 Å². The van der Waals surface area contributed by atoms with E-state index in [0.717, 1.165) is 67.1 Å². The zero-order valence-electron chi connectivity index (χ0n) is 28.9. The lowest BCUT2D eigenvalue weighted by Gasteiger charge is -2.19. The zero-order valence-corrected chi connectivity index (χ0v) is 28.9. The molecular weight excluding hydrogens is 468 g/mol. The number of hydrogen-bond donors (Lipinski definition) is 0. The lowest BCUT2D eigenvalue weighted by atomic mass is 9.86. The fraction of sp³-hybridized carbons (Fsp3) is 0.692. The third-order valence-corrected chi connectivity index (χ3v) is 6.24. The summed E-state index contributed by atoms with van der Waals surface area (Å²) >= 11 is 0. The van der Waals surface area contributed by atoms with Crippen molar-refractivity contribution in [1.29, 1.82) is 0 Å². The minimum Gasteiger partial charge on any atom is -0.103 e. The van der Waals surface area contributed by atoms with Gasteiger partial charge in [0.05, 0.1) is 0 Å². The fourth-order valence-corrected chi connectivity index (χ4v) is 3.29. The van der Waals surface area contributed by atoms with E-state index in [0.29, 0.717) is 0 Å². The first-order valence-corrected chi connectivity index (χ1v) is 16.0. The summed E-state index contributed by atoms with van der Waals surface area (Å²) in [5, 5.41) is 0. The maximum atomic E-state index is 3.68. The van der Waals surface area contributed by atoms with E-state index in [4.69, 9.17) is 0 Å². The van der Waals surface area contributed by atoms with Gasteiger partial charge in [-0.15, -0.1) is 26.3 Å². The summed E-state index contributed by atoms with van der Waals surface area (Å²) in [7, 11) is 0. The largest absolute Gasteiger partial charge is 0.103 e. The molecule has 0 aromatic carbocycles. The lowest BCUT2D eigenvalue weighted by Crippen LogP contribution is -2.08. The van der Waals surface area contributed by atoms with Gasteiger partial charge < -0.3 is 0 Å². The average molecular weight is 543 g/mol. The second-order valence-electron chi connectivity index (χ2n) is 13.0. The molecule has 0 nitrogen and oxygen atoms in total. The van der Waals surface area contributed by atoms with Crippen molar-refractivity contribution in [1.82, 2.24) is 0 Å². The summed E-state index contributed by atoms with van der Waals surface area (Å²) in [4.78, 5) is 0. The SMILES string of the molecule is C=CCC(C)C.C=CCC(C)C.C=CCCC(C)CC=C.CC(C)CC=CCC(C)C.CC1CC=CCC1C. The van der Waals surface area contributed by atoms with Crippen LogP contribution in [0, 0.1) is 41.4 Å². The molecule has 39 heavy (non-hydrogen) atoms. The first-order chi connectivity index (χ1) is 18.3. The second-order valence-corrected chi connectivity index (χ2v) is 13.0. The molecule has 0 radical (unpaired) electrons. The normalized spacial score (nSPS) is 16.6. The Morgan fingerprint density at radius 1 is 0.538 bits per heavy atom. The van der Waals surface area contributed by atoms with Crippen molar-refractivity contribution in [3.05, 3.63) is 74.9 Å². The topological polar surface area (TPSA) is 0 Å². The van der Waals surface area contributed by atoms with Gasteiger partial charge in [-0.2, -0.15) is 0 Å². The standard InChI is InChI=1S/C10H20.C9H16.C8H14.2C6H12/c1-9(2)7-5-6-8-10(3)4;1-4-6-8-9(3)7-5-2;1-7-5-3-4-6-8(7)2;2*1-4-5-6(2)3/h5-6,9-10H,7-8H2,1-4H3;4-5,9H,1-2,6-8H2,3H3;3-4,7-8H,5-6H2,1-2H3;2*4,6H,1,5H2,2-3H3. The van der Waals surface area contributed by atoms with Gasteiger partial charge in [-0.1, -0.05) is 125 Å². The molecule has 0 heteroatoms. The quantitative estimate of drug-likeness (QED) is 0.203. The van der Waals surface area contributed by atoms with E-state index in [1.54, 1.807) is 0 Å². The van der Waals surface area contributed by atoms with Crippen LogP contribution >= 0.6 is 0 Å². The van der Waals surface area contributed by atoms with Gasteiger partial charge in [0.25, 0.3) is 0 Å². The van der Waals surface area contributed by atoms with Gasteiger partial charge in [-0.3, -0.25) is 0 Å². The molecule has 3 atom stereocenters. The van der Waals surface area contributed by atoms with Crippen molar-refractivity contribution >= 4 is 0 Å². The molecule has 0 saturated heterocycles.